The lowest BCUT2D eigenvalue weighted by Gasteiger charge is -2.12. The summed E-state index contributed by atoms with van der Waals surface area (Å²) in [7, 11) is 0. The summed E-state index contributed by atoms with van der Waals surface area (Å²) in [4.78, 5) is -0.124. The smallest absolute Gasteiger partial charge is 0.142 e. The summed E-state index contributed by atoms with van der Waals surface area (Å²) in [5.41, 5.74) is 2.89. The van der Waals surface area contributed by atoms with E-state index in [2.05, 4.69) is 31.9 Å². The first-order valence-corrected chi connectivity index (χ1v) is 6.95. The minimum atomic E-state index is -0.213. The van der Waals surface area contributed by atoms with Gasteiger partial charge in [-0.25, -0.2) is 4.39 Å². The summed E-state index contributed by atoms with van der Waals surface area (Å²) >= 11 is 6.75. The van der Waals surface area contributed by atoms with Crippen LogP contribution in [0.4, 0.5) is 4.39 Å². The van der Waals surface area contributed by atoms with Gasteiger partial charge in [0.1, 0.15) is 5.82 Å². The number of aryl methyl sites for hydroxylation is 1. The van der Waals surface area contributed by atoms with Crippen molar-refractivity contribution in [3.8, 4) is 0 Å². The van der Waals surface area contributed by atoms with Gasteiger partial charge in [-0.2, -0.15) is 0 Å². The third-order valence-electron chi connectivity index (χ3n) is 2.62. The molecule has 3 heteroatoms. The molecule has 0 fully saturated rings. The molecule has 1 atom stereocenters. The lowest BCUT2D eigenvalue weighted by atomic mass is 10.0. The maximum Gasteiger partial charge on any atom is 0.142 e. The third kappa shape index (κ3) is 2.78. The van der Waals surface area contributed by atoms with Crippen molar-refractivity contribution in [2.45, 2.75) is 11.8 Å². The number of benzene rings is 2. The second-order valence-electron chi connectivity index (χ2n) is 3.92. The molecule has 0 nitrogen and oxygen atoms in total. The van der Waals surface area contributed by atoms with Crippen molar-refractivity contribution < 1.29 is 4.39 Å². The quantitative estimate of drug-likeness (QED) is 0.633. The van der Waals surface area contributed by atoms with E-state index in [1.54, 1.807) is 12.1 Å². The molecular formula is C14H11Br2F. The lowest BCUT2D eigenvalue weighted by Crippen LogP contribution is -1.97. The SMILES string of the molecule is Cc1ccc(C(Br)c2cccc(Br)c2F)cc1. The van der Waals surface area contributed by atoms with Crippen LogP contribution in [-0.4, -0.2) is 0 Å². The first-order chi connectivity index (χ1) is 8.09. The molecule has 0 radical (unpaired) electrons. The van der Waals surface area contributed by atoms with Gasteiger partial charge in [0, 0.05) is 5.56 Å². The molecule has 2 aromatic carbocycles. The van der Waals surface area contributed by atoms with Crippen molar-refractivity contribution in [1.29, 1.82) is 0 Å². The molecule has 0 bridgehead atoms. The van der Waals surface area contributed by atoms with E-state index in [9.17, 15) is 4.39 Å². The zero-order valence-corrected chi connectivity index (χ0v) is 12.4. The van der Waals surface area contributed by atoms with E-state index in [0.29, 0.717) is 10.0 Å². The molecule has 0 saturated carbocycles. The molecule has 17 heavy (non-hydrogen) atoms. The predicted octanol–water partition coefficient (Wildman–Crippen LogP) is 5.38. The molecule has 1 unspecified atom stereocenters. The van der Waals surface area contributed by atoms with Crippen LogP contribution in [0.3, 0.4) is 0 Å². The Labute approximate surface area is 117 Å². The molecule has 0 heterocycles. The van der Waals surface area contributed by atoms with Crippen LogP contribution < -0.4 is 0 Å². The summed E-state index contributed by atoms with van der Waals surface area (Å²) in [6.07, 6.45) is 0. The number of rotatable bonds is 2. The Kier molecular flexibility index (Phi) is 4.00. The Morgan fingerprint density at radius 2 is 1.71 bits per heavy atom. The van der Waals surface area contributed by atoms with Crippen LogP contribution in [0.2, 0.25) is 0 Å². The van der Waals surface area contributed by atoms with E-state index in [0.717, 1.165) is 5.56 Å². The number of halogens is 3. The average molecular weight is 358 g/mol. The molecule has 0 aromatic heterocycles. The Morgan fingerprint density at radius 3 is 2.35 bits per heavy atom. The second-order valence-corrected chi connectivity index (χ2v) is 5.69. The summed E-state index contributed by atoms with van der Waals surface area (Å²) in [6, 6.07) is 13.4. The zero-order valence-electron chi connectivity index (χ0n) is 9.25. The van der Waals surface area contributed by atoms with Crippen LogP contribution >= 0.6 is 31.9 Å². The fourth-order valence-corrected chi connectivity index (χ4v) is 2.67. The van der Waals surface area contributed by atoms with Crippen molar-refractivity contribution >= 4 is 31.9 Å². The van der Waals surface area contributed by atoms with Gasteiger partial charge in [-0.3, -0.25) is 0 Å². The Balaban J connectivity index is 2.40. The zero-order chi connectivity index (χ0) is 12.4. The second kappa shape index (κ2) is 5.32. The van der Waals surface area contributed by atoms with Crippen molar-refractivity contribution in [2.24, 2.45) is 0 Å². The summed E-state index contributed by atoms with van der Waals surface area (Å²) in [6.45, 7) is 2.03. The standard InChI is InChI=1S/C14H11Br2F/c1-9-5-7-10(8-6-9)13(16)11-3-2-4-12(15)14(11)17/h2-8,13H,1H3. The number of alkyl halides is 1. The predicted molar refractivity (Wildman–Crippen MR) is 76.0 cm³/mol. The highest BCUT2D eigenvalue weighted by Crippen LogP contribution is 2.34. The van der Waals surface area contributed by atoms with Crippen LogP contribution in [0, 0.1) is 12.7 Å². The first-order valence-electron chi connectivity index (χ1n) is 5.24. The maximum atomic E-state index is 13.9. The van der Waals surface area contributed by atoms with Crippen molar-refractivity contribution in [2.75, 3.05) is 0 Å². The minimum absolute atomic E-state index is 0.124. The van der Waals surface area contributed by atoms with E-state index < -0.39 is 0 Å². The molecular weight excluding hydrogens is 347 g/mol. The maximum absolute atomic E-state index is 13.9. The summed E-state index contributed by atoms with van der Waals surface area (Å²) in [5, 5.41) is 0. The van der Waals surface area contributed by atoms with Gasteiger partial charge in [0.2, 0.25) is 0 Å². The molecule has 0 aliphatic heterocycles. The summed E-state index contributed by atoms with van der Waals surface area (Å²) < 4.78 is 14.4. The highest BCUT2D eigenvalue weighted by molar-refractivity contribution is 9.10. The number of hydrogen-bond acceptors (Lipinski definition) is 0. The minimum Gasteiger partial charge on any atom is -0.205 e. The van der Waals surface area contributed by atoms with Gasteiger partial charge in [-0.05, 0) is 34.5 Å². The van der Waals surface area contributed by atoms with Crippen molar-refractivity contribution in [1.82, 2.24) is 0 Å². The molecule has 2 rings (SSSR count). The highest BCUT2D eigenvalue weighted by atomic mass is 79.9. The molecule has 0 aliphatic carbocycles. The van der Waals surface area contributed by atoms with Crippen molar-refractivity contribution in [3.05, 3.63) is 69.4 Å². The monoisotopic (exact) mass is 356 g/mol. The molecule has 0 saturated heterocycles. The number of hydrogen-bond donors (Lipinski definition) is 0. The van der Waals surface area contributed by atoms with Crippen LogP contribution in [-0.2, 0) is 0 Å². The first kappa shape index (κ1) is 12.8. The van der Waals surface area contributed by atoms with Crippen LogP contribution in [0.1, 0.15) is 21.5 Å². The van der Waals surface area contributed by atoms with E-state index in [-0.39, 0.29) is 10.6 Å². The van der Waals surface area contributed by atoms with Gasteiger partial charge >= 0.3 is 0 Å². The largest absolute Gasteiger partial charge is 0.205 e. The highest BCUT2D eigenvalue weighted by Gasteiger charge is 2.16. The van der Waals surface area contributed by atoms with Crippen molar-refractivity contribution in [3.63, 3.8) is 0 Å². The summed E-state index contributed by atoms with van der Waals surface area (Å²) in [5.74, 6) is -0.213. The Hall–Kier alpha value is -0.670. The van der Waals surface area contributed by atoms with Gasteiger partial charge in [0.15, 0.2) is 0 Å². The molecule has 2 aromatic rings. The van der Waals surface area contributed by atoms with E-state index in [4.69, 9.17) is 0 Å². The molecule has 0 aliphatic rings. The molecule has 0 N–H and O–H groups in total. The Bertz CT molecular complexity index is 520. The average Bonchev–Trinajstić information content (AvgIpc) is 2.33. The van der Waals surface area contributed by atoms with Gasteiger partial charge in [0.05, 0.1) is 9.30 Å². The fourth-order valence-electron chi connectivity index (χ4n) is 1.63. The van der Waals surface area contributed by atoms with Crippen LogP contribution in [0.5, 0.6) is 0 Å². The van der Waals surface area contributed by atoms with Crippen LogP contribution in [0.15, 0.2) is 46.9 Å². The lowest BCUT2D eigenvalue weighted by molar-refractivity contribution is 0.607. The normalized spacial score (nSPS) is 12.5. The van der Waals surface area contributed by atoms with E-state index in [1.165, 1.54) is 5.56 Å². The Morgan fingerprint density at radius 1 is 1.06 bits per heavy atom. The van der Waals surface area contributed by atoms with Gasteiger partial charge in [0.25, 0.3) is 0 Å². The topological polar surface area (TPSA) is 0 Å². The van der Waals surface area contributed by atoms with E-state index in [1.807, 2.05) is 37.3 Å². The fraction of sp³-hybridized carbons (Fsp3) is 0.143. The van der Waals surface area contributed by atoms with Gasteiger partial charge in [-0.1, -0.05) is 57.9 Å². The molecule has 88 valence electrons. The molecule has 0 spiro atoms. The van der Waals surface area contributed by atoms with Gasteiger partial charge in [-0.15, -0.1) is 0 Å². The molecule has 0 amide bonds. The van der Waals surface area contributed by atoms with Crippen LogP contribution in [0.25, 0.3) is 0 Å². The van der Waals surface area contributed by atoms with E-state index >= 15 is 0 Å². The van der Waals surface area contributed by atoms with Gasteiger partial charge < -0.3 is 0 Å². The third-order valence-corrected chi connectivity index (χ3v) is 4.26.